The monoisotopic (exact) mass is 273 g/mol. The van der Waals surface area contributed by atoms with E-state index in [1.165, 1.54) is 0 Å². The Morgan fingerprint density at radius 1 is 1.38 bits per heavy atom. The van der Waals surface area contributed by atoms with E-state index in [1.807, 2.05) is 0 Å². The van der Waals surface area contributed by atoms with Gasteiger partial charge in [-0.3, -0.25) is 9.12 Å². The van der Waals surface area contributed by atoms with Gasteiger partial charge in [0.15, 0.2) is 4.99 Å². The van der Waals surface area contributed by atoms with Gasteiger partial charge in [0.25, 0.3) is 10.1 Å². The summed E-state index contributed by atoms with van der Waals surface area (Å²) in [7, 11) is -9.57. The molecule has 16 heavy (non-hydrogen) atoms. The Hall–Kier alpha value is 0.0200. The summed E-state index contributed by atoms with van der Waals surface area (Å²) in [6.45, 7) is 0.698. The van der Waals surface area contributed by atoms with Gasteiger partial charge in [0, 0.05) is 6.04 Å². The maximum absolute atomic E-state index is 11.0. The molecule has 2 atom stereocenters. The smallest absolute Gasteiger partial charge is 0.323 e. The Labute approximate surface area is 94.2 Å². The highest BCUT2D eigenvalue weighted by Crippen LogP contribution is 2.46. The summed E-state index contributed by atoms with van der Waals surface area (Å²) in [4.78, 5) is 15.8. The van der Waals surface area contributed by atoms with Crippen LogP contribution in [0.4, 0.5) is 0 Å². The third kappa shape index (κ3) is 4.12. The summed E-state index contributed by atoms with van der Waals surface area (Å²) in [5.41, 5.74) is 0. The molecule has 0 aliphatic carbocycles. The average molecular weight is 273 g/mol. The largest absolute Gasteiger partial charge is 0.346 e. The standard InChI is InChI=1S/C7H16NO6PS/c9-15(10,11)7(16(12,13)14)5-6-3-1-2-4-8-6/h6-8H,1-5H2,(H2,9,10,11)(H,12,13,14). The molecule has 1 rings (SSSR count). The van der Waals surface area contributed by atoms with Crippen LogP contribution in [0.5, 0.6) is 0 Å². The third-order valence-corrected chi connectivity index (χ3v) is 6.08. The first kappa shape index (κ1) is 14.1. The lowest BCUT2D eigenvalue weighted by Gasteiger charge is -2.26. The Bertz CT molecular complexity index is 370. The maximum Gasteiger partial charge on any atom is 0.346 e. The number of hydrogen-bond donors (Lipinski definition) is 4. The van der Waals surface area contributed by atoms with Crippen LogP contribution in [0, 0.1) is 0 Å². The lowest BCUT2D eigenvalue weighted by molar-refractivity contribution is 0.338. The molecular formula is C7H16NO6PS. The minimum atomic E-state index is -4.84. The Morgan fingerprint density at radius 3 is 2.38 bits per heavy atom. The molecule has 9 heteroatoms. The van der Waals surface area contributed by atoms with Gasteiger partial charge in [-0.1, -0.05) is 6.42 Å². The predicted octanol–water partition coefficient (Wildman–Crippen LogP) is -0.0898. The van der Waals surface area contributed by atoms with Gasteiger partial charge in [-0.25, -0.2) is 0 Å². The van der Waals surface area contributed by atoms with Crippen molar-refractivity contribution in [3.8, 4) is 0 Å². The second-order valence-electron chi connectivity index (χ2n) is 3.94. The van der Waals surface area contributed by atoms with Gasteiger partial charge in [-0.2, -0.15) is 8.42 Å². The number of nitrogens with one attached hydrogen (secondary N) is 1. The van der Waals surface area contributed by atoms with Crippen molar-refractivity contribution in [1.29, 1.82) is 0 Å². The van der Waals surface area contributed by atoms with Gasteiger partial charge in [0.1, 0.15) is 0 Å². The molecule has 0 saturated carbocycles. The van der Waals surface area contributed by atoms with E-state index in [1.54, 1.807) is 0 Å². The second-order valence-corrected chi connectivity index (χ2v) is 7.69. The molecule has 0 aromatic heterocycles. The summed E-state index contributed by atoms with van der Waals surface area (Å²) < 4.78 is 41.5. The quantitative estimate of drug-likeness (QED) is 0.417. The Balaban J connectivity index is 2.75. The minimum Gasteiger partial charge on any atom is -0.323 e. The summed E-state index contributed by atoms with van der Waals surface area (Å²) >= 11 is 0. The zero-order chi connectivity index (χ0) is 12.4. The van der Waals surface area contributed by atoms with Crippen LogP contribution in [0.15, 0.2) is 0 Å². The summed E-state index contributed by atoms with van der Waals surface area (Å²) in [5.74, 6) is 0. The molecule has 0 aromatic carbocycles. The van der Waals surface area contributed by atoms with Crippen molar-refractivity contribution in [2.45, 2.75) is 36.7 Å². The third-order valence-electron chi connectivity index (χ3n) is 2.62. The zero-order valence-corrected chi connectivity index (χ0v) is 10.3. The van der Waals surface area contributed by atoms with E-state index in [2.05, 4.69) is 5.32 Å². The van der Waals surface area contributed by atoms with Crippen molar-refractivity contribution < 1.29 is 27.3 Å². The fourth-order valence-electron chi connectivity index (χ4n) is 1.80. The fourth-order valence-corrected chi connectivity index (χ4v) is 4.19. The summed E-state index contributed by atoms with van der Waals surface area (Å²) in [6, 6.07) is -0.270. The van der Waals surface area contributed by atoms with Crippen molar-refractivity contribution in [2.75, 3.05) is 6.54 Å². The highest BCUT2D eigenvalue weighted by Gasteiger charge is 2.41. The van der Waals surface area contributed by atoms with Crippen LogP contribution in [0.1, 0.15) is 25.7 Å². The van der Waals surface area contributed by atoms with Crippen LogP contribution in [-0.4, -0.2) is 40.3 Å². The number of hydrogen-bond acceptors (Lipinski definition) is 4. The van der Waals surface area contributed by atoms with Crippen molar-refractivity contribution in [3.63, 3.8) is 0 Å². The molecule has 96 valence electrons. The van der Waals surface area contributed by atoms with E-state index >= 15 is 0 Å². The maximum atomic E-state index is 11.0. The van der Waals surface area contributed by atoms with Crippen LogP contribution in [0.2, 0.25) is 0 Å². The van der Waals surface area contributed by atoms with Gasteiger partial charge >= 0.3 is 7.60 Å². The lowest BCUT2D eigenvalue weighted by Crippen LogP contribution is -2.38. The van der Waals surface area contributed by atoms with E-state index in [0.29, 0.717) is 13.0 Å². The normalized spacial score (nSPS) is 25.3. The molecule has 1 aliphatic rings. The van der Waals surface area contributed by atoms with E-state index in [4.69, 9.17) is 14.3 Å². The molecule has 0 spiro atoms. The molecule has 0 bridgehead atoms. The Kier molecular flexibility index (Phi) is 4.50. The molecule has 1 saturated heterocycles. The van der Waals surface area contributed by atoms with Crippen molar-refractivity contribution >= 4 is 17.7 Å². The molecule has 4 N–H and O–H groups in total. The van der Waals surface area contributed by atoms with Crippen LogP contribution in [0.3, 0.4) is 0 Å². The first-order chi connectivity index (χ1) is 7.21. The predicted molar refractivity (Wildman–Crippen MR) is 57.6 cm³/mol. The molecule has 7 nitrogen and oxygen atoms in total. The second kappa shape index (κ2) is 5.12. The van der Waals surface area contributed by atoms with Gasteiger partial charge in [-0.15, -0.1) is 0 Å². The van der Waals surface area contributed by atoms with Crippen LogP contribution < -0.4 is 5.32 Å². The molecule has 2 unspecified atom stereocenters. The van der Waals surface area contributed by atoms with Gasteiger partial charge in [-0.05, 0) is 25.8 Å². The molecule has 1 fully saturated rings. The minimum absolute atomic E-state index is 0.261. The number of rotatable bonds is 4. The first-order valence-corrected chi connectivity index (χ1v) is 8.14. The van der Waals surface area contributed by atoms with E-state index in [9.17, 15) is 13.0 Å². The van der Waals surface area contributed by atoms with Crippen LogP contribution in [0.25, 0.3) is 0 Å². The van der Waals surface area contributed by atoms with Crippen molar-refractivity contribution in [3.05, 3.63) is 0 Å². The molecule has 0 aromatic rings. The molecule has 0 radical (unpaired) electrons. The van der Waals surface area contributed by atoms with Crippen LogP contribution in [-0.2, 0) is 14.7 Å². The lowest BCUT2D eigenvalue weighted by atomic mass is 10.0. The highest BCUT2D eigenvalue weighted by atomic mass is 32.2. The molecular weight excluding hydrogens is 257 g/mol. The molecule has 1 heterocycles. The van der Waals surface area contributed by atoms with Gasteiger partial charge in [0.05, 0.1) is 0 Å². The van der Waals surface area contributed by atoms with E-state index < -0.39 is 22.7 Å². The zero-order valence-electron chi connectivity index (χ0n) is 8.61. The topological polar surface area (TPSA) is 124 Å². The fraction of sp³-hybridized carbons (Fsp3) is 1.00. The first-order valence-electron chi connectivity index (χ1n) is 4.96. The Morgan fingerprint density at radius 2 is 2.00 bits per heavy atom. The van der Waals surface area contributed by atoms with Crippen molar-refractivity contribution in [2.24, 2.45) is 0 Å². The van der Waals surface area contributed by atoms with E-state index in [0.717, 1.165) is 12.8 Å². The van der Waals surface area contributed by atoms with Crippen LogP contribution >= 0.6 is 7.60 Å². The molecule has 1 aliphatic heterocycles. The van der Waals surface area contributed by atoms with E-state index in [-0.39, 0.29) is 12.5 Å². The van der Waals surface area contributed by atoms with Gasteiger partial charge < -0.3 is 15.1 Å². The number of piperidine rings is 1. The molecule has 0 amide bonds. The summed E-state index contributed by atoms with van der Waals surface area (Å²) in [5, 5.41) is 2.97. The van der Waals surface area contributed by atoms with Crippen molar-refractivity contribution in [1.82, 2.24) is 5.32 Å². The SMILES string of the molecule is O=P(O)(O)C(CC1CCCCN1)S(=O)(=O)O. The van der Waals surface area contributed by atoms with Gasteiger partial charge in [0.2, 0.25) is 0 Å². The average Bonchev–Trinajstić information content (AvgIpc) is 2.12. The highest BCUT2D eigenvalue weighted by molar-refractivity contribution is 7.93. The summed E-state index contributed by atoms with van der Waals surface area (Å²) in [6.07, 6.45) is 2.25.